The Balaban J connectivity index is 1.59. The first kappa shape index (κ1) is 21.9. The number of rotatable bonds is 7. The van der Waals surface area contributed by atoms with E-state index in [1.807, 2.05) is 0 Å². The fourth-order valence-electron chi connectivity index (χ4n) is 2.72. The molecule has 0 aliphatic carbocycles. The monoisotopic (exact) mass is 451 g/mol. The summed E-state index contributed by atoms with van der Waals surface area (Å²) in [5.74, 6) is 0.378. The molecule has 2 heterocycles. The number of nitrogens with zero attached hydrogens (tertiary/aromatic N) is 2. The van der Waals surface area contributed by atoms with Gasteiger partial charge in [0.2, 0.25) is 10.0 Å². The molecule has 0 saturated heterocycles. The van der Waals surface area contributed by atoms with E-state index < -0.39 is 16.0 Å². The highest BCUT2D eigenvalue weighted by atomic mass is 32.2. The predicted octanol–water partition coefficient (Wildman–Crippen LogP) is 2.09. The van der Waals surface area contributed by atoms with Crippen LogP contribution in [-0.2, 0) is 14.8 Å². The molecule has 30 heavy (non-hydrogen) atoms. The molecule has 0 atom stereocenters. The number of hydrogen-bond acceptors (Lipinski definition) is 8. The van der Waals surface area contributed by atoms with Crippen LogP contribution < -0.4 is 10.3 Å². The Morgan fingerprint density at radius 1 is 1.17 bits per heavy atom. The van der Waals surface area contributed by atoms with Gasteiger partial charge in [-0.3, -0.25) is 4.79 Å². The Bertz CT molecular complexity index is 1240. The second-order valence-electron chi connectivity index (χ2n) is 6.63. The lowest BCUT2D eigenvalue weighted by Gasteiger charge is -2.12. The second-order valence-corrected chi connectivity index (χ2v) is 9.78. The van der Waals surface area contributed by atoms with Gasteiger partial charge in [0.1, 0.15) is 34.5 Å². The largest absolute Gasteiger partial charge is 0.490 e. The average Bonchev–Trinajstić information content (AvgIpc) is 3.01. The topological polar surface area (TPSA) is 119 Å². The highest BCUT2D eigenvalue weighted by molar-refractivity contribution is 7.89. The number of aromatic nitrogens is 2. The molecular formula is C19H21N3O6S2. The summed E-state index contributed by atoms with van der Waals surface area (Å²) in [6.07, 6.45) is 0. The van der Waals surface area contributed by atoms with Gasteiger partial charge in [-0.05, 0) is 43.7 Å². The van der Waals surface area contributed by atoms with Crippen LogP contribution in [0.3, 0.4) is 0 Å². The van der Waals surface area contributed by atoms with Gasteiger partial charge in [-0.2, -0.15) is 0 Å². The summed E-state index contributed by atoms with van der Waals surface area (Å²) in [5.41, 5.74) is 0.251. The van der Waals surface area contributed by atoms with E-state index in [2.05, 4.69) is 9.97 Å². The number of hydrogen-bond donors (Lipinski definition) is 1. The van der Waals surface area contributed by atoms with Crippen molar-refractivity contribution in [2.45, 2.75) is 18.7 Å². The van der Waals surface area contributed by atoms with Crippen LogP contribution in [0, 0.1) is 13.8 Å². The molecular weight excluding hydrogens is 430 g/mol. The maximum Gasteiger partial charge on any atom is 0.348 e. The van der Waals surface area contributed by atoms with Crippen LogP contribution in [0.5, 0.6) is 5.75 Å². The molecule has 1 N–H and O–H groups in total. The minimum absolute atomic E-state index is 0.00687. The smallest absolute Gasteiger partial charge is 0.348 e. The van der Waals surface area contributed by atoms with Gasteiger partial charge < -0.3 is 14.5 Å². The highest BCUT2D eigenvalue weighted by Gasteiger charge is 2.20. The third-order valence-corrected chi connectivity index (χ3v) is 7.29. The highest BCUT2D eigenvalue weighted by Crippen LogP contribution is 2.27. The zero-order chi connectivity index (χ0) is 22.1. The molecule has 3 aromatic rings. The molecule has 0 amide bonds. The van der Waals surface area contributed by atoms with Crippen molar-refractivity contribution in [3.63, 3.8) is 0 Å². The number of benzene rings is 1. The van der Waals surface area contributed by atoms with Gasteiger partial charge in [-0.15, -0.1) is 11.3 Å². The molecule has 0 fully saturated rings. The van der Waals surface area contributed by atoms with E-state index in [4.69, 9.17) is 9.47 Å². The molecule has 160 valence electrons. The molecule has 3 rings (SSSR count). The lowest BCUT2D eigenvalue weighted by Crippen LogP contribution is -2.22. The van der Waals surface area contributed by atoms with E-state index in [9.17, 15) is 18.0 Å². The Labute approximate surface area is 177 Å². The maximum absolute atomic E-state index is 12.4. The number of ether oxygens (including phenoxy) is 2. The van der Waals surface area contributed by atoms with E-state index in [0.717, 1.165) is 15.6 Å². The predicted molar refractivity (Wildman–Crippen MR) is 113 cm³/mol. The van der Waals surface area contributed by atoms with Crippen molar-refractivity contribution in [2.24, 2.45) is 0 Å². The van der Waals surface area contributed by atoms with Crippen molar-refractivity contribution in [3.05, 3.63) is 50.9 Å². The van der Waals surface area contributed by atoms with E-state index in [1.54, 1.807) is 13.8 Å². The fraction of sp³-hybridized carbons (Fsp3) is 0.316. The van der Waals surface area contributed by atoms with Crippen LogP contribution in [0.4, 0.5) is 0 Å². The number of carbonyl (C=O) groups excluding carboxylic acids is 1. The normalized spacial score (nSPS) is 11.8. The zero-order valence-electron chi connectivity index (χ0n) is 16.9. The summed E-state index contributed by atoms with van der Waals surface area (Å²) in [7, 11) is -0.586. The van der Waals surface area contributed by atoms with Crippen LogP contribution in [0.2, 0.25) is 0 Å². The van der Waals surface area contributed by atoms with Crippen LogP contribution >= 0.6 is 11.3 Å². The Morgan fingerprint density at radius 3 is 2.47 bits per heavy atom. The molecule has 0 unspecified atom stereocenters. The number of fused-ring (bicyclic) bond motifs is 1. The molecule has 0 bridgehead atoms. The number of sulfonamides is 1. The Morgan fingerprint density at radius 2 is 1.83 bits per heavy atom. The number of esters is 1. The van der Waals surface area contributed by atoms with Crippen LogP contribution in [0.1, 0.15) is 21.1 Å². The van der Waals surface area contributed by atoms with Crippen molar-refractivity contribution in [1.29, 1.82) is 0 Å². The molecule has 0 radical (unpaired) electrons. The van der Waals surface area contributed by atoms with Gasteiger partial charge in [-0.25, -0.2) is 22.5 Å². The minimum atomic E-state index is -3.50. The van der Waals surface area contributed by atoms with Gasteiger partial charge >= 0.3 is 5.97 Å². The van der Waals surface area contributed by atoms with Crippen LogP contribution in [0.25, 0.3) is 10.2 Å². The standard InChI is InChI=1S/C19H21N3O6S2/c1-11-15-17(23)20-12(2)21-18(15)29-16(11)19(24)28-10-9-27-13-5-7-14(8-6-13)30(25,26)22(3)4/h5-8H,9-10H2,1-4H3,(H,20,21,23). The van der Waals surface area contributed by atoms with Crippen molar-refractivity contribution in [1.82, 2.24) is 14.3 Å². The molecule has 0 aliphatic heterocycles. The minimum Gasteiger partial charge on any atom is -0.490 e. The van der Waals surface area contributed by atoms with Crippen molar-refractivity contribution in [3.8, 4) is 5.75 Å². The van der Waals surface area contributed by atoms with Gasteiger partial charge in [0.05, 0.1) is 10.3 Å². The van der Waals surface area contributed by atoms with Crippen molar-refractivity contribution >= 4 is 37.5 Å². The summed E-state index contributed by atoms with van der Waals surface area (Å²) < 4.78 is 36.0. The summed E-state index contributed by atoms with van der Waals surface area (Å²) in [5, 5.41) is 0.390. The van der Waals surface area contributed by atoms with E-state index in [1.165, 1.54) is 38.4 Å². The Kier molecular flexibility index (Phi) is 6.25. The van der Waals surface area contributed by atoms with E-state index in [0.29, 0.717) is 32.2 Å². The second kappa shape index (κ2) is 8.54. The van der Waals surface area contributed by atoms with Gasteiger partial charge in [-0.1, -0.05) is 0 Å². The molecule has 1 aromatic carbocycles. The van der Waals surface area contributed by atoms with Gasteiger partial charge in [0, 0.05) is 14.1 Å². The maximum atomic E-state index is 12.4. The molecule has 0 saturated carbocycles. The fourth-order valence-corrected chi connectivity index (χ4v) is 4.75. The summed E-state index contributed by atoms with van der Waals surface area (Å²) >= 11 is 1.11. The molecule has 11 heteroatoms. The van der Waals surface area contributed by atoms with E-state index in [-0.39, 0.29) is 23.7 Å². The van der Waals surface area contributed by atoms with Crippen molar-refractivity contribution < 1.29 is 22.7 Å². The summed E-state index contributed by atoms with van der Waals surface area (Å²) in [4.78, 5) is 32.3. The van der Waals surface area contributed by atoms with Crippen LogP contribution in [0.15, 0.2) is 34.0 Å². The Hall–Kier alpha value is -2.76. The lowest BCUT2D eigenvalue weighted by molar-refractivity contribution is 0.0455. The van der Waals surface area contributed by atoms with Gasteiger partial charge in [0.15, 0.2) is 0 Å². The molecule has 9 nitrogen and oxygen atoms in total. The number of thiophene rings is 1. The molecule has 0 aliphatic rings. The molecule has 0 spiro atoms. The first-order valence-corrected chi connectivity index (χ1v) is 11.2. The van der Waals surface area contributed by atoms with E-state index >= 15 is 0 Å². The third-order valence-electron chi connectivity index (χ3n) is 4.29. The number of nitrogens with one attached hydrogen (secondary N) is 1. The number of H-pyrrole nitrogens is 1. The third kappa shape index (κ3) is 4.37. The number of aryl methyl sites for hydroxylation is 2. The first-order chi connectivity index (χ1) is 14.1. The quantitative estimate of drug-likeness (QED) is 0.431. The lowest BCUT2D eigenvalue weighted by atomic mass is 10.2. The summed E-state index contributed by atoms with van der Waals surface area (Å²) in [6.45, 7) is 3.44. The average molecular weight is 452 g/mol. The summed E-state index contributed by atoms with van der Waals surface area (Å²) in [6, 6.07) is 5.97. The SMILES string of the molecule is Cc1nc2sc(C(=O)OCCOc3ccc(S(=O)(=O)N(C)C)cc3)c(C)c2c(=O)[nH]1. The molecule has 2 aromatic heterocycles. The number of aromatic amines is 1. The first-order valence-electron chi connectivity index (χ1n) is 8.94. The number of carbonyl (C=O) groups is 1. The van der Waals surface area contributed by atoms with Crippen LogP contribution in [-0.4, -0.2) is 56.0 Å². The zero-order valence-corrected chi connectivity index (χ0v) is 18.5. The van der Waals surface area contributed by atoms with Crippen molar-refractivity contribution in [2.75, 3.05) is 27.3 Å². The van der Waals surface area contributed by atoms with Gasteiger partial charge in [0.25, 0.3) is 5.56 Å².